The van der Waals surface area contributed by atoms with E-state index >= 15 is 0 Å². The third-order valence-corrected chi connectivity index (χ3v) is 3.54. The molecule has 3 aromatic rings. The summed E-state index contributed by atoms with van der Waals surface area (Å²) < 4.78 is 0. The van der Waals surface area contributed by atoms with E-state index in [-0.39, 0.29) is 5.95 Å². The van der Waals surface area contributed by atoms with Gasteiger partial charge in [0, 0.05) is 30.5 Å². The highest BCUT2D eigenvalue weighted by atomic mass is 16.2. The number of rotatable bonds is 5. The molecule has 0 aliphatic carbocycles. The van der Waals surface area contributed by atoms with Crippen LogP contribution in [0.25, 0.3) is 10.8 Å². The molecule has 2 amide bonds. The van der Waals surface area contributed by atoms with Gasteiger partial charge >= 0.3 is 6.03 Å². The second-order valence-electron chi connectivity index (χ2n) is 5.57. The third-order valence-electron chi connectivity index (χ3n) is 3.54. The smallest absolute Gasteiger partial charge is 0.326 e. The monoisotopic (exact) mass is 336 g/mol. The summed E-state index contributed by atoms with van der Waals surface area (Å²) in [5.74, 6) is 0.858. The molecule has 7 heteroatoms. The van der Waals surface area contributed by atoms with Gasteiger partial charge in [-0.1, -0.05) is 30.3 Å². The Morgan fingerprint density at radius 1 is 1.04 bits per heavy atom. The Labute approximate surface area is 145 Å². The maximum Gasteiger partial charge on any atom is 0.326 e. The van der Waals surface area contributed by atoms with Crippen LogP contribution in [-0.4, -0.2) is 29.1 Å². The van der Waals surface area contributed by atoms with Crippen LogP contribution >= 0.6 is 0 Å². The van der Waals surface area contributed by atoms with E-state index in [0.29, 0.717) is 24.6 Å². The molecule has 25 heavy (non-hydrogen) atoms. The maximum atomic E-state index is 12.2. The van der Waals surface area contributed by atoms with Crippen LogP contribution in [0.4, 0.5) is 22.2 Å². The van der Waals surface area contributed by atoms with Crippen LogP contribution in [0.1, 0.15) is 5.69 Å². The van der Waals surface area contributed by atoms with Crippen molar-refractivity contribution in [3.63, 3.8) is 0 Å². The first-order chi connectivity index (χ1) is 12.1. The molecular formula is C18H20N6O. The van der Waals surface area contributed by atoms with E-state index in [9.17, 15) is 4.79 Å². The van der Waals surface area contributed by atoms with E-state index in [2.05, 4.69) is 25.9 Å². The summed E-state index contributed by atoms with van der Waals surface area (Å²) in [5, 5.41) is 10.7. The minimum absolute atomic E-state index is 0.234. The lowest BCUT2D eigenvalue weighted by Gasteiger charge is -2.10. The average molecular weight is 336 g/mol. The summed E-state index contributed by atoms with van der Waals surface area (Å²) in [4.78, 5) is 20.7. The van der Waals surface area contributed by atoms with Gasteiger partial charge in [-0.15, -0.1) is 0 Å². The standard InChI is InChI=1S/C18H20N6O/c1-12-10-16(20-9-8-19)23-17(21-12)24-18(25)22-15-7-6-13-4-2-3-5-14(13)11-15/h2-7,10-11H,8-9,19H2,1H3,(H3,20,21,22,23,24,25). The molecule has 3 rings (SSSR count). The third kappa shape index (κ3) is 4.42. The highest BCUT2D eigenvalue weighted by Gasteiger charge is 2.07. The number of hydrogen-bond acceptors (Lipinski definition) is 5. The van der Waals surface area contributed by atoms with Crippen LogP contribution in [0.2, 0.25) is 0 Å². The molecule has 0 aliphatic heterocycles. The van der Waals surface area contributed by atoms with Crippen molar-refractivity contribution >= 4 is 34.3 Å². The van der Waals surface area contributed by atoms with E-state index in [1.807, 2.05) is 49.4 Å². The highest BCUT2D eigenvalue weighted by molar-refractivity contribution is 6.00. The Morgan fingerprint density at radius 2 is 1.84 bits per heavy atom. The van der Waals surface area contributed by atoms with Crippen LogP contribution < -0.4 is 21.7 Å². The average Bonchev–Trinajstić information content (AvgIpc) is 2.59. The van der Waals surface area contributed by atoms with Crippen molar-refractivity contribution in [2.75, 3.05) is 29.0 Å². The van der Waals surface area contributed by atoms with Crippen molar-refractivity contribution in [3.05, 3.63) is 54.2 Å². The molecule has 0 unspecified atom stereocenters. The second kappa shape index (κ2) is 7.59. The zero-order valence-corrected chi connectivity index (χ0v) is 13.9. The first-order valence-corrected chi connectivity index (χ1v) is 8.00. The van der Waals surface area contributed by atoms with Crippen LogP contribution in [0, 0.1) is 6.92 Å². The minimum atomic E-state index is -0.398. The zero-order valence-electron chi connectivity index (χ0n) is 13.9. The van der Waals surface area contributed by atoms with Crippen molar-refractivity contribution in [3.8, 4) is 0 Å². The quantitative estimate of drug-likeness (QED) is 0.573. The highest BCUT2D eigenvalue weighted by Crippen LogP contribution is 2.19. The van der Waals surface area contributed by atoms with Gasteiger partial charge in [-0.25, -0.2) is 9.78 Å². The molecule has 0 spiro atoms. The van der Waals surface area contributed by atoms with E-state index in [4.69, 9.17) is 5.73 Å². The Hall–Kier alpha value is -3.19. The number of nitrogens with zero attached hydrogens (tertiary/aromatic N) is 2. The number of anilines is 3. The lowest BCUT2D eigenvalue weighted by Crippen LogP contribution is -2.22. The number of carbonyl (C=O) groups excluding carboxylic acids is 1. The first-order valence-electron chi connectivity index (χ1n) is 8.00. The summed E-state index contributed by atoms with van der Waals surface area (Å²) >= 11 is 0. The number of aromatic nitrogens is 2. The molecule has 0 saturated heterocycles. The van der Waals surface area contributed by atoms with Gasteiger partial charge < -0.3 is 16.4 Å². The van der Waals surface area contributed by atoms with Gasteiger partial charge in [-0.2, -0.15) is 4.98 Å². The SMILES string of the molecule is Cc1cc(NCCN)nc(NC(=O)Nc2ccc3ccccc3c2)n1. The molecule has 5 N–H and O–H groups in total. The number of fused-ring (bicyclic) bond motifs is 1. The Morgan fingerprint density at radius 3 is 2.64 bits per heavy atom. The first kappa shape index (κ1) is 16.7. The van der Waals surface area contributed by atoms with Crippen LogP contribution in [0.3, 0.4) is 0 Å². The van der Waals surface area contributed by atoms with Gasteiger partial charge in [0.2, 0.25) is 5.95 Å². The molecular weight excluding hydrogens is 316 g/mol. The molecule has 0 aliphatic rings. The molecule has 0 fully saturated rings. The van der Waals surface area contributed by atoms with Crippen molar-refractivity contribution < 1.29 is 4.79 Å². The van der Waals surface area contributed by atoms with Gasteiger partial charge in [-0.05, 0) is 29.8 Å². The number of nitrogens with two attached hydrogens (primary N) is 1. The van der Waals surface area contributed by atoms with Gasteiger partial charge in [0.1, 0.15) is 5.82 Å². The number of urea groups is 1. The normalized spacial score (nSPS) is 10.5. The summed E-state index contributed by atoms with van der Waals surface area (Å²) in [6.07, 6.45) is 0. The number of benzene rings is 2. The molecule has 0 radical (unpaired) electrons. The molecule has 2 aromatic carbocycles. The van der Waals surface area contributed by atoms with Crippen LogP contribution in [0.5, 0.6) is 0 Å². The predicted octanol–water partition coefficient (Wildman–Crippen LogP) is 2.95. The predicted molar refractivity (Wildman–Crippen MR) is 101 cm³/mol. The minimum Gasteiger partial charge on any atom is -0.369 e. The Kier molecular flexibility index (Phi) is 5.06. The summed E-state index contributed by atoms with van der Waals surface area (Å²) in [6.45, 7) is 2.93. The van der Waals surface area contributed by atoms with Crippen LogP contribution in [-0.2, 0) is 0 Å². The molecule has 7 nitrogen and oxygen atoms in total. The molecule has 1 heterocycles. The molecule has 0 saturated carbocycles. The van der Waals surface area contributed by atoms with Crippen molar-refractivity contribution in [2.24, 2.45) is 5.73 Å². The fourth-order valence-electron chi connectivity index (χ4n) is 2.45. The molecule has 128 valence electrons. The largest absolute Gasteiger partial charge is 0.369 e. The topological polar surface area (TPSA) is 105 Å². The van der Waals surface area contributed by atoms with E-state index < -0.39 is 6.03 Å². The summed E-state index contributed by atoms with van der Waals surface area (Å²) in [7, 11) is 0. The van der Waals surface area contributed by atoms with Gasteiger partial charge in [0.05, 0.1) is 0 Å². The van der Waals surface area contributed by atoms with Gasteiger partial charge in [-0.3, -0.25) is 5.32 Å². The Balaban J connectivity index is 1.70. The maximum absolute atomic E-state index is 12.2. The Bertz CT molecular complexity index is 896. The van der Waals surface area contributed by atoms with E-state index in [1.165, 1.54) is 0 Å². The van der Waals surface area contributed by atoms with E-state index in [0.717, 1.165) is 16.5 Å². The molecule has 0 atom stereocenters. The van der Waals surface area contributed by atoms with Gasteiger partial charge in [0.25, 0.3) is 0 Å². The van der Waals surface area contributed by atoms with Crippen LogP contribution in [0.15, 0.2) is 48.5 Å². The molecule has 1 aromatic heterocycles. The number of hydrogen-bond donors (Lipinski definition) is 4. The van der Waals surface area contributed by atoms with Crippen molar-refractivity contribution in [1.82, 2.24) is 9.97 Å². The summed E-state index contributed by atoms with van der Waals surface area (Å²) in [5.41, 5.74) is 6.92. The fraction of sp³-hybridized carbons (Fsp3) is 0.167. The van der Waals surface area contributed by atoms with Crippen molar-refractivity contribution in [2.45, 2.75) is 6.92 Å². The number of aryl methyl sites for hydroxylation is 1. The van der Waals surface area contributed by atoms with Crippen molar-refractivity contribution in [1.29, 1.82) is 0 Å². The summed E-state index contributed by atoms with van der Waals surface area (Å²) in [6, 6.07) is 15.1. The lowest BCUT2D eigenvalue weighted by molar-refractivity contribution is 0.262. The zero-order chi connectivity index (χ0) is 17.6. The number of nitrogens with one attached hydrogen (secondary N) is 3. The van der Waals surface area contributed by atoms with Gasteiger partial charge in [0.15, 0.2) is 0 Å². The fourth-order valence-corrected chi connectivity index (χ4v) is 2.45. The second-order valence-corrected chi connectivity index (χ2v) is 5.57. The number of carbonyl (C=O) groups is 1. The lowest BCUT2D eigenvalue weighted by atomic mass is 10.1. The number of amides is 2. The molecule has 0 bridgehead atoms. The van der Waals surface area contributed by atoms with E-state index in [1.54, 1.807) is 6.07 Å².